The van der Waals surface area contributed by atoms with Gasteiger partial charge in [0.2, 0.25) is 5.91 Å². The monoisotopic (exact) mass is 297 g/mol. The molecular formula is C15H15N5O2. The summed E-state index contributed by atoms with van der Waals surface area (Å²) in [6, 6.07) is 7.41. The summed E-state index contributed by atoms with van der Waals surface area (Å²) in [6.45, 7) is 3.62. The van der Waals surface area contributed by atoms with Crippen molar-refractivity contribution in [3.8, 4) is 11.4 Å². The van der Waals surface area contributed by atoms with E-state index in [1.54, 1.807) is 6.92 Å². The summed E-state index contributed by atoms with van der Waals surface area (Å²) in [5.41, 5.74) is 3.12. The van der Waals surface area contributed by atoms with Crippen LogP contribution in [-0.2, 0) is 11.2 Å². The lowest BCUT2D eigenvalue weighted by atomic mass is 10.1. The van der Waals surface area contributed by atoms with Crippen LogP contribution in [0.3, 0.4) is 0 Å². The maximum Gasteiger partial charge on any atom is 0.228 e. The summed E-state index contributed by atoms with van der Waals surface area (Å²) in [4.78, 5) is 16.3. The van der Waals surface area contributed by atoms with Gasteiger partial charge in [-0.25, -0.2) is 4.98 Å². The Bertz CT molecular complexity index is 773. The normalized spacial score (nSPS) is 10.6. The number of aryl methyl sites for hydroxylation is 2. The molecule has 0 fully saturated rings. The van der Waals surface area contributed by atoms with Crippen LogP contribution in [0.2, 0.25) is 0 Å². The largest absolute Gasteiger partial charge is 0.361 e. The lowest BCUT2D eigenvalue weighted by Crippen LogP contribution is -2.15. The summed E-state index contributed by atoms with van der Waals surface area (Å²) in [6.07, 6.45) is 1.67. The van der Waals surface area contributed by atoms with Crippen molar-refractivity contribution in [1.29, 1.82) is 0 Å². The topological polar surface area (TPSA) is 96.7 Å². The Morgan fingerprint density at radius 1 is 1.36 bits per heavy atom. The zero-order valence-corrected chi connectivity index (χ0v) is 12.3. The number of hydrogen-bond donors (Lipinski definition) is 2. The molecule has 0 unspecified atom stereocenters. The van der Waals surface area contributed by atoms with Gasteiger partial charge < -0.3 is 9.84 Å². The van der Waals surface area contributed by atoms with E-state index in [4.69, 9.17) is 4.52 Å². The summed E-state index contributed by atoms with van der Waals surface area (Å²) < 4.78 is 5.07. The molecule has 0 aliphatic rings. The number of aromatic nitrogens is 4. The van der Waals surface area contributed by atoms with Crippen LogP contribution in [0.4, 0.5) is 5.69 Å². The van der Waals surface area contributed by atoms with E-state index in [1.165, 1.54) is 6.33 Å². The SMILES string of the molecule is Cc1noc(C)c1CC(=O)Nc1cccc(-c2ncn[nH]2)c1. The van der Waals surface area contributed by atoms with E-state index in [9.17, 15) is 4.79 Å². The number of H-pyrrole nitrogens is 1. The number of nitrogens with zero attached hydrogens (tertiary/aromatic N) is 3. The van der Waals surface area contributed by atoms with E-state index < -0.39 is 0 Å². The number of amides is 1. The van der Waals surface area contributed by atoms with E-state index in [-0.39, 0.29) is 12.3 Å². The number of anilines is 1. The molecule has 3 rings (SSSR count). The van der Waals surface area contributed by atoms with Crippen LogP contribution >= 0.6 is 0 Å². The molecule has 0 spiro atoms. The van der Waals surface area contributed by atoms with Gasteiger partial charge in [0.25, 0.3) is 0 Å². The molecule has 7 heteroatoms. The molecule has 3 aromatic rings. The molecule has 2 heterocycles. The average Bonchev–Trinajstić information content (AvgIpc) is 3.13. The smallest absolute Gasteiger partial charge is 0.228 e. The van der Waals surface area contributed by atoms with Crippen molar-refractivity contribution in [3.05, 3.63) is 47.6 Å². The van der Waals surface area contributed by atoms with Gasteiger partial charge in [0.15, 0.2) is 5.82 Å². The number of benzene rings is 1. The molecule has 22 heavy (non-hydrogen) atoms. The van der Waals surface area contributed by atoms with Gasteiger partial charge in [-0.15, -0.1) is 0 Å². The van der Waals surface area contributed by atoms with Crippen molar-refractivity contribution in [2.45, 2.75) is 20.3 Å². The maximum absolute atomic E-state index is 12.2. The van der Waals surface area contributed by atoms with Crippen molar-refractivity contribution < 1.29 is 9.32 Å². The van der Waals surface area contributed by atoms with Crippen molar-refractivity contribution >= 4 is 11.6 Å². The average molecular weight is 297 g/mol. The van der Waals surface area contributed by atoms with Crippen molar-refractivity contribution in [3.63, 3.8) is 0 Å². The summed E-state index contributed by atoms with van der Waals surface area (Å²) in [7, 11) is 0. The van der Waals surface area contributed by atoms with Gasteiger partial charge in [0.05, 0.1) is 12.1 Å². The van der Waals surface area contributed by atoms with Crippen LogP contribution in [0.15, 0.2) is 35.1 Å². The van der Waals surface area contributed by atoms with Crippen LogP contribution < -0.4 is 5.32 Å². The number of aromatic amines is 1. The van der Waals surface area contributed by atoms with Gasteiger partial charge in [-0.05, 0) is 26.0 Å². The third-order valence-electron chi connectivity index (χ3n) is 3.35. The summed E-state index contributed by atoms with van der Waals surface area (Å²) in [5, 5.41) is 13.3. The van der Waals surface area contributed by atoms with Gasteiger partial charge in [0, 0.05) is 16.8 Å². The highest BCUT2D eigenvalue weighted by molar-refractivity contribution is 5.93. The molecule has 2 N–H and O–H groups in total. The van der Waals surface area contributed by atoms with Crippen molar-refractivity contribution in [1.82, 2.24) is 20.3 Å². The zero-order valence-electron chi connectivity index (χ0n) is 12.3. The second kappa shape index (κ2) is 5.80. The molecule has 1 aromatic carbocycles. The van der Waals surface area contributed by atoms with Crippen molar-refractivity contribution in [2.75, 3.05) is 5.32 Å². The first-order chi connectivity index (χ1) is 10.6. The molecular weight excluding hydrogens is 282 g/mol. The number of hydrogen-bond acceptors (Lipinski definition) is 5. The first kappa shape index (κ1) is 14.0. The van der Waals surface area contributed by atoms with Crippen LogP contribution in [-0.4, -0.2) is 26.2 Å². The first-order valence-corrected chi connectivity index (χ1v) is 6.81. The third kappa shape index (κ3) is 2.88. The second-order valence-electron chi connectivity index (χ2n) is 4.94. The van der Waals surface area contributed by atoms with Crippen LogP contribution in [0.5, 0.6) is 0 Å². The first-order valence-electron chi connectivity index (χ1n) is 6.81. The Kier molecular flexibility index (Phi) is 3.69. The highest BCUT2D eigenvalue weighted by Crippen LogP contribution is 2.19. The highest BCUT2D eigenvalue weighted by Gasteiger charge is 2.13. The lowest BCUT2D eigenvalue weighted by molar-refractivity contribution is -0.115. The Labute approximate surface area is 126 Å². The lowest BCUT2D eigenvalue weighted by Gasteiger charge is -2.06. The maximum atomic E-state index is 12.2. The van der Waals surface area contributed by atoms with E-state index in [1.807, 2.05) is 31.2 Å². The van der Waals surface area contributed by atoms with Crippen LogP contribution in [0, 0.1) is 13.8 Å². The third-order valence-corrected chi connectivity index (χ3v) is 3.35. The molecule has 0 saturated heterocycles. The minimum absolute atomic E-state index is 0.121. The fraction of sp³-hybridized carbons (Fsp3) is 0.200. The van der Waals surface area contributed by atoms with E-state index in [0.717, 1.165) is 16.8 Å². The van der Waals surface area contributed by atoms with Gasteiger partial charge in [-0.3, -0.25) is 9.89 Å². The number of nitrogens with one attached hydrogen (secondary N) is 2. The molecule has 0 atom stereocenters. The Balaban J connectivity index is 1.73. The minimum Gasteiger partial charge on any atom is -0.361 e. The van der Waals surface area contributed by atoms with E-state index >= 15 is 0 Å². The molecule has 0 bridgehead atoms. The standard InChI is InChI=1S/C15H15N5O2/c1-9-13(10(2)22-20-9)7-14(21)18-12-5-3-4-11(6-12)15-16-8-17-19-15/h3-6,8H,7H2,1-2H3,(H,18,21)(H,16,17,19). The number of carbonyl (C=O) groups excluding carboxylic acids is 1. The van der Waals surface area contributed by atoms with Crippen molar-refractivity contribution in [2.24, 2.45) is 0 Å². The minimum atomic E-state index is -0.121. The van der Waals surface area contributed by atoms with E-state index in [0.29, 0.717) is 17.3 Å². The van der Waals surface area contributed by atoms with Crippen LogP contribution in [0.1, 0.15) is 17.0 Å². The molecule has 112 valence electrons. The fourth-order valence-corrected chi connectivity index (χ4v) is 2.21. The second-order valence-corrected chi connectivity index (χ2v) is 4.94. The molecule has 2 aromatic heterocycles. The summed E-state index contributed by atoms with van der Waals surface area (Å²) >= 11 is 0. The highest BCUT2D eigenvalue weighted by atomic mass is 16.5. The summed E-state index contributed by atoms with van der Waals surface area (Å²) in [5.74, 6) is 1.20. The molecule has 7 nitrogen and oxygen atoms in total. The Hall–Kier alpha value is -2.96. The van der Waals surface area contributed by atoms with Gasteiger partial charge in [-0.1, -0.05) is 17.3 Å². The number of rotatable bonds is 4. The van der Waals surface area contributed by atoms with Gasteiger partial charge in [-0.2, -0.15) is 5.10 Å². The predicted molar refractivity (Wildman–Crippen MR) is 80.1 cm³/mol. The molecule has 0 aliphatic heterocycles. The Morgan fingerprint density at radius 3 is 2.91 bits per heavy atom. The van der Waals surface area contributed by atoms with Crippen LogP contribution in [0.25, 0.3) is 11.4 Å². The number of carbonyl (C=O) groups is 1. The van der Waals surface area contributed by atoms with Gasteiger partial charge >= 0.3 is 0 Å². The molecule has 0 aliphatic carbocycles. The molecule has 1 amide bonds. The quantitative estimate of drug-likeness (QED) is 0.770. The molecule has 0 saturated carbocycles. The van der Waals surface area contributed by atoms with Gasteiger partial charge in [0.1, 0.15) is 12.1 Å². The van der Waals surface area contributed by atoms with E-state index in [2.05, 4.69) is 25.7 Å². The fourth-order valence-electron chi connectivity index (χ4n) is 2.21. The molecule has 0 radical (unpaired) electrons. The predicted octanol–water partition coefficient (Wildman–Crippen LogP) is 2.26. The zero-order chi connectivity index (χ0) is 15.5. The Morgan fingerprint density at radius 2 is 2.23 bits per heavy atom.